The maximum Gasteiger partial charge on any atom is 0.654 e. The predicted octanol–water partition coefficient (Wildman–Crippen LogP) is 1.29. The van der Waals surface area contributed by atoms with E-state index in [1.165, 1.54) is 18.2 Å². The molecule has 2 heterocycles. The van der Waals surface area contributed by atoms with Crippen molar-refractivity contribution in [2.45, 2.75) is 0 Å². The third kappa shape index (κ3) is 1.29. The minimum atomic E-state index is -4.50. The summed E-state index contributed by atoms with van der Waals surface area (Å²) >= 11 is 0. The van der Waals surface area contributed by atoms with Gasteiger partial charge in [0.25, 0.3) is 0 Å². The second-order valence-electron chi connectivity index (χ2n) is 3.31. The summed E-state index contributed by atoms with van der Waals surface area (Å²) in [5.74, 6) is -3.12. The number of fused-ring (bicyclic) bond motifs is 2. The molecule has 0 N–H and O–H groups in total. The molecule has 0 spiro atoms. The molecule has 0 aromatic heterocycles. The molecule has 0 atom stereocenters. The average molecular weight is 254 g/mol. The van der Waals surface area contributed by atoms with Gasteiger partial charge in [-0.1, -0.05) is 6.07 Å². The van der Waals surface area contributed by atoms with Crippen LogP contribution >= 0.6 is 7.82 Å². The van der Waals surface area contributed by atoms with Gasteiger partial charge in [0.15, 0.2) is 0 Å². The summed E-state index contributed by atoms with van der Waals surface area (Å²) in [6.45, 7) is 0. The van der Waals surface area contributed by atoms with Crippen molar-refractivity contribution in [2.24, 2.45) is 0 Å². The lowest BCUT2D eigenvalue weighted by Gasteiger charge is -2.13. The Kier molecular flexibility index (Phi) is 1.74. The minimum Gasteiger partial charge on any atom is -0.348 e. The molecule has 8 heteroatoms. The van der Waals surface area contributed by atoms with Crippen LogP contribution in [0.15, 0.2) is 18.2 Å². The first-order valence-corrected chi connectivity index (χ1v) is 5.91. The molecule has 0 fully saturated rings. The number of hydrogen-bond acceptors (Lipinski definition) is 7. The second-order valence-corrected chi connectivity index (χ2v) is 4.75. The molecule has 0 amide bonds. The lowest BCUT2D eigenvalue weighted by atomic mass is 10.0. The predicted molar refractivity (Wildman–Crippen MR) is 50.3 cm³/mol. The molecule has 1 aromatic rings. The number of hydrogen-bond donors (Lipinski definition) is 0. The number of phosphoric acid groups is 1. The fourth-order valence-electron chi connectivity index (χ4n) is 1.62. The monoisotopic (exact) mass is 254 g/mol. The summed E-state index contributed by atoms with van der Waals surface area (Å²) in [6.07, 6.45) is 0. The largest absolute Gasteiger partial charge is 0.654 e. The fraction of sp³-hybridized carbons (Fsp3) is 0. The zero-order valence-electron chi connectivity index (χ0n) is 8.04. The molecular weight excluding hydrogens is 251 g/mol. The van der Waals surface area contributed by atoms with Gasteiger partial charge in [0, 0.05) is 0 Å². The third-order valence-electron chi connectivity index (χ3n) is 2.29. The molecule has 7 nitrogen and oxygen atoms in total. The van der Waals surface area contributed by atoms with Crippen molar-refractivity contribution in [3.05, 3.63) is 34.9 Å². The van der Waals surface area contributed by atoms with Gasteiger partial charge >= 0.3 is 25.7 Å². The van der Waals surface area contributed by atoms with Crippen molar-refractivity contribution in [1.82, 2.24) is 0 Å². The highest BCUT2D eigenvalue weighted by molar-refractivity contribution is 7.50. The maximum atomic E-state index is 11.7. The van der Waals surface area contributed by atoms with Gasteiger partial charge in [-0.15, -0.1) is 0 Å². The molecule has 0 aliphatic carbocycles. The number of carbonyl (C=O) groups is 3. The summed E-state index contributed by atoms with van der Waals surface area (Å²) in [7, 11) is -4.50. The topological polar surface area (TPSA) is 96.0 Å². The van der Waals surface area contributed by atoms with E-state index in [-0.39, 0.29) is 16.7 Å². The minimum absolute atomic E-state index is 0.165. The van der Waals surface area contributed by atoms with Gasteiger partial charge in [-0.3, -0.25) is 0 Å². The van der Waals surface area contributed by atoms with Gasteiger partial charge in [0.1, 0.15) is 0 Å². The summed E-state index contributed by atoms with van der Waals surface area (Å²) in [5, 5.41) is 0. The molecule has 0 radical (unpaired) electrons. The molecule has 2 bridgehead atoms. The molecule has 0 unspecified atom stereocenters. The number of phosphoric ester groups is 1. The molecular formula is C9H3O7P. The van der Waals surface area contributed by atoms with Gasteiger partial charge in [0.2, 0.25) is 0 Å². The van der Waals surface area contributed by atoms with Crippen molar-refractivity contribution in [3.63, 3.8) is 0 Å². The van der Waals surface area contributed by atoms with Crippen LogP contribution in [-0.2, 0) is 18.1 Å². The van der Waals surface area contributed by atoms with E-state index in [4.69, 9.17) is 0 Å². The highest BCUT2D eigenvalue weighted by Crippen LogP contribution is 2.55. The van der Waals surface area contributed by atoms with Gasteiger partial charge in [-0.05, 0) is 12.1 Å². The van der Waals surface area contributed by atoms with Gasteiger partial charge in [-0.25, -0.2) is 14.4 Å². The summed E-state index contributed by atoms with van der Waals surface area (Å²) < 4.78 is 24.9. The third-order valence-corrected chi connectivity index (χ3v) is 3.46. The Morgan fingerprint density at radius 1 is 0.824 bits per heavy atom. The van der Waals surface area contributed by atoms with E-state index in [1.54, 1.807) is 0 Å². The van der Waals surface area contributed by atoms with Gasteiger partial charge in [0.05, 0.1) is 16.7 Å². The average Bonchev–Trinajstić information content (AvgIpc) is 2.40. The summed E-state index contributed by atoms with van der Waals surface area (Å²) in [5.41, 5.74) is -0.610. The Morgan fingerprint density at radius 3 is 1.82 bits per heavy atom. The molecule has 1 aromatic carbocycles. The Labute approximate surface area is 93.9 Å². The lowest BCUT2D eigenvalue weighted by Crippen LogP contribution is -2.15. The highest BCUT2D eigenvalue weighted by Gasteiger charge is 2.49. The van der Waals surface area contributed by atoms with Crippen LogP contribution in [0.5, 0.6) is 0 Å². The molecule has 86 valence electrons. The Balaban J connectivity index is 2.44. The molecule has 17 heavy (non-hydrogen) atoms. The second kappa shape index (κ2) is 2.95. The first kappa shape index (κ1) is 10.0. The van der Waals surface area contributed by atoms with Crippen LogP contribution in [0, 0.1) is 0 Å². The van der Waals surface area contributed by atoms with Crippen LogP contribution in [0.1, 0.15) is 31.1 Å². The maximum absolute atomic E-state index is 11.7. The van der Waals surface area contributed by atoms with E-state index >= 15 is 0 Å². The number of carbonyl (C=O) groups excluding carboxylic acids is 3. The molecule has 2 aliphatic rings. The Bertz CT molecular complexity index is 584. The van der Waals surface area contributed by atoms with Crippen molar-refractivity contribution < 1.29 is 32.5 Å². The molecule has 2 aliphatic heterocycles. The summed E-state index contributed by atoms with van der Waals surface area (Å²) in [4.78, 5) is 34.7. The smallest absolute Gasteiger partial charge is 0.348 e. The van der Waals surface area contributed by atoms with E-state index in [0.717, 1.165) is 0 Å². The zero-order chi connectivity index (χ0) is 12.2. The standard InChI is InChI=1S/C9H3O7P/c10-7-4-2-1-3-5-6(4)9(12)16-17(13,14-7)15-8(5)11/h1-3H. The molecule has 3 rings (SSSR count). The lowest BCUT2D eigenvalue weighted by molar-refractivity contribution is 0.0515. The Morgan fingerprint density at radius 2 is 1.29 bits per heavy atom. The van der Waals surface area contributed by atoms with E-state index in [0.29, 0.717) is 0 Å². The van der Waals surface area contributed by atoms with E-state index in [9.17, 15) is 18.9 Å². The van der Waals surface area contributed by atoms with Crippen molar-refractivity contribution in [3.8, 4) is 0 Å². The van der Waals surface area contributed by atoms with Gasteiger partial charge in [-0.2, -0.15) is 4.57 Å². The van der Waals surface area contributed by atoms with Gasteiger partial charge < -0.3 is 13.6 Å². The number of rotatable bonds is 0. The van der Waals surface area contributed by atoms with E-state index in [2.05, 4.69) is 13.6 Å². The van der Waals surface area contributed by atoms with Crippen LogP contribution in [-0.4, -0.2) is 17.9 Å². The number of benzene rings is 1. The summed E-state index contributed by atoms with van der Waals surface area (Å²) in [6, 6.07) is 3.93. The first-order valence-electron chi connectivity index (χ1n) is 4.45. The first-order chi connectivity index (χ1) is 8.00. The fourth-order valence-corrected chi connectivity index (χ4v) is 2.63. The van der Waals surface area contributed by atoms with E-state index in [1.807, 2.05) is 0 Å². The van der Waals surface area contributed by atoms with Crippen molar-refractivity contribution in [2.75, 3.05) is 0 Å². The zero-order valence-corrected chi connectivity index (χ0v) is 8.93. The SMILES string of the molecule is O=C1OP2(=O)OC(=O)c3cccc1c3C(=O)O2. The van der Waals surface area contributed by atoms with Crippen molar-refractivity contribution >= 4 is 25.7 Å². The van der Waals surface area contributed by atoms with Crippen LogP contribution in [0.2, 0.25) is 0 Å². The van der Waals surface area contributed by atoms with Crippen LogP contribution in [0.4, 0.5) is 0 Å². The van der Waals surface area contributed by atoms with E-state index < -0.39 is 25.7 Å². The Hall–Kier alpha value is -2.14. The normalized spacial score (nSPS) is 19.9. The molecule has 0 saturated carbocycles. The van der Waals surface area contributed by atoms with Crippen LogP contribution < -0.4 is 0 Å². The quantitative estimate of drug-likeness (QED) is 0.643. The van der Waals surface area contributed by atoms with Crippen molar-refractivity contribution in [1.29, 1.82) is 0 Å². The van der Waals surface area contributed by atoms with Crippen LogP contribution in [0.3, 0.4) is 0 Å². The van der Waals surface area contributed by atoms with Crippen LogP contribution in [0.25, 0.3) is 0 Å². The molecule has 0 saturated heterocycles. The highest BCUT2D eigenvalue weighted by atomic mass is 31.2.